The summed E-state index contributed by atoms with van der Waals surface area (Å²) in [4.78, 5) is 18.9. The number of fused-ring (bicyclic) bond motifs is 1. The van der Waals surface area contributed by atoms with E-state index in [0.717, 1.165) is 35.3 Å². The number of ether oxygens (including phenoxy) is 1. The highest BCUT2D eigenvalue weighted by atomic mass is 79.9. The summed E-state index contributed by atoms with van der Waals surface area (Å²) in [7, 11) is 0. The highest BCUT2D eigenvalue weighted by Crippen LogP contribution is 2.30. The Kier molecular flexibility index (Phi) is 4.60. The Labute approximate surface area is 151 Å². The molecule has 1 fully saturated rings. The number of aromatic nitrogens is 2. The number of pyridine rings is 1. The molecule has 1 aliphatic heterocycles. The van der Waals surface area contributed by atoms with E-state index in [1.165, 1.54) is 5.56 Å². The normalized spacial score (nSPS) is 18.9. The molecule has 0 saturated carbocycles. The van der Waals surface area contributed by atoms with Gasteiger partial charge in [0.25, 0.3) is 0 Å². The number of piperidine rings is 1. The average molecular weight is 394 g/mol. The molecule has 0 radical (unpaired) electrons. The van der Waals surface area contributed by atoms with Crippen molar-refractivity contribution < 1.29 is 9.53 Å². The van der Waals surface area contributed by atoms with Crippen LogP contribution in [0.4, 0.5) is 4.79 Å². The number of likely N-dealkylation sites (tertiary alicyclic amines) is 1. The number of halogens is 1. The Morgan fingerprint density at radius 1 is 1.38 bits per heavy atom. The monoisotopic (exact) mass is 393 g/mol. The summed E-state index contributed by atoms with van der Waals surface area (Å²) in [5.74, 6) is 1.22. The van der Waals surface area contributed by atoms with E-state index < -0.39 is 5.60 Å². The molecule has 6 heteroatoms. The second kappa shape index (κ2) is 6.39. The van der Waals surface area contributed by atoms with Crippen LogP contribution in [0.2, 0.25) is 0 Å². The molecule has 0 bridgehead atoms. The number of rotatable bonds is 1. The predicted octanol–water partition coefficient (Wildman–Crippen LogP) is 4.52. The molecule has 0 aromatic carbocycles. The number of aryl methyl sites for hydroxylation is 1. The van der Waals surface area contributed by atoms with Crippen LogP contribution in [-0.4, -0.2) is 39.1 Å². The summed E-state index contributed by atoms with van der Waals surface area (Å²) >= 11 is 3.56. The van der Waals surface area contributed by atoms with Gasteiger partial charge in [-0.25, -0.2) is 9.78 Å². The van der Waals surface area contributed by atoms with Crippen LogP contribution in [0, 0.1) is 6.92 Å². The van der Waals surface area contributed by atoms with Crippen molar-refractivity contribution in [2.45, 2.75) is 52.1 Å². The smallest absolute Gasteiger partial charge is 0.410 e. The number of carbonyl (C=O) groups excluding carboxylic acids is 1. The molecule has 3 heterocycles. The van der Waals surface area contributed by atoms with Gasteiger partial charge in [-0.05, 0) is 68.1 Å². The highest BCUT2D eigenvalue weighted by Gasteiger charge is 2.30. The average Bonchev–Trinajstić information content (AvgIpc) is 2.82. The van der Waals surface area contributed by atoms with Crippen molar-refractivity contribution in [1.29, 1.82) is 0 Å². The summed E-state index contributed by atoms with van der Waals surface area (Å²) in [5, 5.41) is 0. The maximum absolute atomic E-state index is 12.4. The molecule has 0 N–H and O–H groups in total. The first-order valence-electron chi connectivity index (χ1n) is 8.36. The van der Waals surface area contributed by atoms with E-state index in [0.29, 0.717) is 6.54 Å². The van der Waals surface area contributed by atoms with Crippen LogP contribution in [0.15, 0.2) is 22.9 Å². The summed E-state index contributed by atoms with van der Waals surface area (Å²) in [6, 6.07) is 4.16. The molecule has 5 nitrogen and oxygen atoms in total. The van der Waals surface area contributed by atoms with E-state index >= 15 is 0 Å². The molecule has 2 aromatic rings. The first kappa shape index (κ1) is 17.3. The van der Waals surface area contributed by atoms with Gasteiger partial charge in [0, 0.05) is 25.2 Å². The molecule has 0 aliphatic carbocycles. The highest BCUT2D eigenvalue weighted by molar-refractivity contribution is 9.10. The minimum atomic E-state index is -0.468. The number of hydrogen-bond donors (Lipinski definition) is 0. The van der Waals surface area contributed by atoms with Crippen molar-refractivity contribution in [2.75, 3.05) is 13.1 Å². The molecule has 24 heavy (non-hydrogen) atoms. The molecule has 1 amide bonds. The van der Waals surface area contributed by atoms with Gasteiger partial charge in [-0.1, -0.05) is 6.07 Å². The molecule has 2 aromatic heterocycles. The quantitative estimate of drug-likeness (QED) is 0.715. The van der Waals surface area contributed by atoms with Crippen molar-refractivity contribution in [1.82, 2.24) is 14.3 Å². The van der Waals surface area contributed by atoms with E-state index in [4.69, 9.17) is 9.72 Å². The molecule has 3 rings (SSSR count). The zero-order valence-corrected chi connectivity index (χ0v) is 16.3. The summed E-state index contributed by atoms with van der Waals surface area (Å²) < 4.78 is 8.52. The summed E-state index contributed by atoms with van der Waals surface area (Å²) in [6.07, 6.45) is 3.86. The lowest BCUT2D eigenvalue weighted by Crippen LogP contribution is -2.42. The Balaban J connectivity index is 1.85. The second-order valence-electron chi connectivity index (χ2n) is 7.49. The molecule has 130 valence electrons. The standard InChI is InChI=1S/C18H24BrN3O2/c1-12-7-8-14-15(19)20-16(22(14)10-12)13-6-5-9-21(11-13)17(23)24-18(2,3)4/h7-8,10,13H,5-6,9,11H2,1-4H3. The molecular formula is C18H24BrN3O2. The van der Waals surface area contributed by atoms with Gasteiger partial charge in [-0.3, -0.25) is 0 Å². The van der Waals surface area contributed by atoms with E-state index in [-0.39, 0.29) is 12.0 Å². The Morgan fingerprint density at radius 2 is 2.12 bits per heavy atom. The predicted molar refractivity (Wildman–Crippen MR) is 97.4 cm³/mol. The van der Waals surface area contributed by atoms with E-state index in [1.54, 1.807) is 0 Å². The van der Waals surface area contributed by atoms with Crippen molar-refractivity contribution in [2.24, 2.45) is 0 Å². The number of carbonyl (C=O) groups is 1. The maximum Gasteiger partial charge on any atom is 0.410 e. The minimum Gasteiger partial charge on any atom is -0.444 e. The van der Waals surface area contributed by atoms with Crippen LogP contribution in [-0.2, 0) is 4.74 Å². The number of hydrogen-bond acceptors (Lipinski definition) is 3. The topological polar surface area (TPSA) is 46.8 Å². The number of imidazole rings is 1. The fourth-order valence-corrected chi connectivity index (χ4v) is 3.65. The zero-order chi connectivity index (χ0) is 17.5. The fraction of sp³-hybridized carbons (Fsp3) is 0.556. The molecule has 1 saturated heterocycles. The van der Waals surface area contributed by atoms with E-state index in [2.05, 4.69) is 45.6 Å². The largest absolute Gasteiger partial charge is 0.444 e. The third-order valence-electron chi connectivity index (χ3n) is 4.21. The lowest BCUT2D eigenvalue weighted by atomic mass is 9.97. The Bertz CT molecular complexity index is 763. The van der Waals surface area contributed by atoms with Gasteiger partial charge < -0.3 is 14.0 Å². The molecular weight excluding hydrogens is 370 g/mol. The minimum absolute atomic E-state index is 0.215. The van der Waals surface area contributed by atoms with Crippen LogP contribution in [0.5, 0.6) is 0 Å². The van der Waals surface area contributed by atoms with Gasteiger partial charge in [0.05, 0.1) is 5.52 Å². The third-order valence-corrected chi connectivity index (χ3v) is 4.79. The Morgan fingerprint density at radius 3 is 2.83 bits per heavy atom. The Hall–Kier alpha value is -1.56. The van der Waals surface area contributed by atoms with Crippen LogP contribution in [0.3, 0.4) is 0 Å². The van der Waals surface area contributed by atoms with Crippen LogP contribution >= 0.6 is 15.9 Å². The van der Waals surface area contributed by atoms with Gasteiger partial charge in [-0.2, -0.15) is 0 Å². The van der Waals surface area contributed by atoms with Gasteiger partial charge in [0.15, 0.2) is 0 Å². The van der Waals surface area contributed by atoms with Gasteiger partial charge in [-0.15, -0.1) is 0 Å². The SMILES string of the molecule is Cc1ccc2c(Br)nc(C3CCCN(C(=O)OC(C)(C)C)C3)n2c1. The lowest BCUT2D eigenvalue weighted by molar-refractivity contribution is 0.0196. The van der Waals surface area contributed by atoms with Crippen molar-refractivity contribution in [3.63, 3.8) is 0 Å². The third kappa shape index (κ3) is 3.58. The van der Waals surface area contributed by atoms with E-state index in [9.17, 15) is 4.79 Å². The molecule has 1 unspecified atom stereocenters. The summed E-state index contributed by atoms with van der Waals surface area (Å²) in [5.41, 5.74) is 1.78. The zero-order valence-electron chi connectivity index (χ0n) is 14.7. The second-order valence-corrected chi connectivity index (χ2v) is 8.24. The van der Waals surface area contributed by atoms with Crippen LogP contribution in [0.1, 0.15) is 50.9 Å². The van der Waals surface area contributed by atoms with Crippen LogP contribution < -0.4 is 0 Å². The first-order chi connectivity index (χ1) is 11.2. The van der Waals surface area contributed by atoms with Crippen molar-refractivity contribution in [3.05, 3.63) is 34.3 Å². The van der Waals surface area contributed by atoms with Crippen molar-refractivity contribution >= 4 is 27.5 Å². The molecule has 1 atom stereocenters. The lowest BCUT2D eigenvalue weighted by Gasteiger charge is -2.33. The summed E-state index contributed by atoms with van der Waals surface area (Å²) in [6.45, 7) is 9.16. The van der Waals surface area contributed by atoms with Crippen LogP contribution in [0.25, 0.3) is 5.52 Å². The van der Waals surface area contributed by atoms with E-state index in [1.807, 2.05) is 25.7 Å². The van der Waals surface area contributed by atoms with Gasteiger partial charge >= 0.3 is 6.09 Å². The number of nitrogens with zero attached hydrogens (tertiary/aromatic N) is 3. The fourth-order valence-electron chi connectivity index (χ4n) is 3.14. The molecule has 1 aliphatic rings. The van der Waals surface area contributed by atoms with Gasteiger partial charge in [0.1, 0.15) is 16.0 Å². The van der Waals surface area contributed by atoms with Gasteiger partial charge in [0.2, 0.25) is 0 Å². The number of amides is 1. The molecule has 0 spiro atoms. The van der Waals surface area contributed by atoms with Crippen molar-refractivity contribution in [3.8, 4) is 0 Å². The maximum atomic E-state index is 12.4. The first-order valence-corrected chi connectivity index (χ1v) is 9.16.